The normalized spacial score (nSPS) is 19.2. The lowest BCUT2D eigenvalue weighted by molar-refractivity contribution is 0.415. The summed E-state index contributed by atoms with van der Waals surface area (Å²) in [4.78, 5) is 8.45. The second-order valence-electron chi connectivity index (χ2n) is 6.08. The number of aliphatic imine (C=N–C) groups is 1. The van der Waals surface area contributed by atoms with E-state index in [1.54, 1.807) is 31.3 Å². The fourth-order valence-corrected chi connectivity index (χ4v) is 4.40. The lowest BCUT2D eigenvalue weighted by Crippen LogP contribution is -2.19. The zero-order chi connectivity index (χ0) is 18.0. The van der Waals surface area contributed by atoms with Crippen molar-refractivity contribution in [1.29, 1.82) is 0 Å². The fourth-order valence-electron chi connectivity index (χ4n) is 3.20. The third-order valence-corrected chi connectivity index (χ3v) is 5.88. The Morgan fingerprint density at radius 2 is 1.69 bits per heavy atom. The molecule has 0 spiro atoms. The first kappa shape index (κ1) is 16.7. The summed E-state index contributed by atoms with van der Waals surface area (Å²) in [7, 11) is 1.68. The number of thioether (sulfide) groups is 1. The number of nitrogens with two attached hydrogens (primary N) is 1. The van der Waals surface area contributed by atoms with Crippen LogP contribution in [-0.2, 0) is 4.87 Å². The third kappa shape index (κ3) is 2.95. The van der Waals surface area contributed by atoms with Crippen LogP contribution in [0.5, 0.6) is 5.75 Å². The number of hydrogen-bond donors (Lipinski definition) is 1. The van der Waals surface area contributed by atoms with Crippen LogP contribution in [0.15, 0.2) is 78.0 Å². The molecular formula is C21H19N3OS. The van der Waals surface area contributed by atoms with E-state index in [9.17, 15) is 0 Å². The molecule has 2 heterocycles. The van der Waals surface area contributed by atoms with Gasteiger partial charge < -0.3 is 10.5 Å². The van der Waals surface area contributed by atoms with E-state index in [-0.39, 0.29) is 0 Å². The maximum absolute atomic E-state index is 6.07. The molecule has 0 aliphatic carbocycles. The lowest BCUT2D eigenvalue weighted by atomic mass is 9.95. The van der Waals surface area contributed by atoms with E-state index in [4.69, 9.17) is 15.5 Å². The molecule has 4 nitrogen and oxygen atoms in total. The van der Waals surface area contributed by atoms with Crippen molar-refractivity contribution >= 4 is 17.6 Å². The number of benzene rings is 2. The van der Waals surface area contributed by atoms with Crippen molar-refractivity contribution in [2.45, 2.75) is 4.87 Å². The minimum Gasteiger partial charge on any atom is -0.497 e. The predicted octanol–water partition coefficient (Wildman–Crippen LogP) is 4.06. The van der Waals surface area contributed by atoms with Gasteiger partial charge in [0.1, 0.15) is 11.6 Å². The summed E-state index contributed by atoms with van der Waals surface area (Å²) in [6.45, 7) is 0. The summed E-state index contributed by atoms with van der Waals surface area (Å²) in [5.41, 5.74) is 10.5. The topological polar surface area (TPSA) is 60.5 Å². The second kappa shape index (κ2) is 6.84. The first-order valence-corrected chi connectivity index (χ1v) is 9.33. The van der Waals surface area contributed by atoms with Crippen LogP contribution in [0.3, 0.4) is 0 Å². The zero-order valence-corrected chi connectivity index (χ0v) is 15.2. The number of methoxy groups -OCH3 is 1. The van der Waals surface area contributed by atoms with E-state index in [2.05, 4.69) is 35.3 Å². The van der Waals surface area contributed by atoms with E-state index in [1.165, 1.54) is 0 Å². The molecule has 0 amide bonds. The van der Waals surface area contributed by atoms with Crippen LogP contribution in [0.25, 0.3) is 11.1 Å². The number of rotatable bonds is 4. The van der Waals surface area contributed by atoms with Gasteiger partial charge in [-0.2, -0.15) is 0 Å². The monoisotopic (exact) mass is 361 g/mol. The van der Waals surface area contributed by atoms with Gasteiger partial charge in [-0.1, -0.05) is 30.3 Å². The van der Waals surface area contributed by atoms with Crippen LogP contribution in [0.1, 0.15) is 11.1 Å². The second-order valence-corrected chi connectivity index (χ2v) is 7.25. The Balaban J connectivity index is 1.84. The molecule has 1 aromatic heterocycles. The molecule has 1 unspecified atom stereocenters. The molecule has 3 aromatic rings. The number of aromatic nitrogens is 1. The molecule has 1 aliphatic heterocycles. The van der Waals surface area contributed by atoms with Crippen molar-refractivity contribution in [3.05, 3.63) is 84.2 Å². The van der Waals surface area contributed by atoms with E-state index in [0.717, 1.165) is 28.0 Å². The highest BCUT2D eigenvalue weighted by Gasteiger charge is 2.39. The Bertz CT molecular complexity index is 958. The van der Waals surface area contributed by atoms with Crippen molar-refractivity contribution in [2.75, 3.05) is 12.9 Å². The van der Waals surface area contributed by atoms with Crippen LogP contribution in [0, 0.1) is 0 Å². The first-order valence-electron chi connectivity index (χ1n) is 8.35. The number of nitrogens with zero attached hydrogens (tertiary/aromatic N) is 2. The van der Waals surface area contributed by atoms with Gasteiger partial charge in [0.25, 0.3) is 0 Å². The van der Waals surface area contributed by atoms with Crippen molar-refractivity contribution in [3.63, 3.8) is 0 Å². The largest absolute Gasteiger partial charge is 0.497 e. The van der Waals surface area contributed by atoms with Crippen molar-refractivity contribution in [2.24, 2.45) is 10.7 Å². The Labute approximate surface area is 157 Å². The summed E-state index contributed by atoms with van der Waals surface area (Å²) in [6, 6.07) is 20.5. The predicted molar refractivity (Wildman–Crippen MR) is 108 cm³/mol. The molecule has 5 heteroatoms. The molecule has 0 fully saturated rings. The summed E-state index contributed by atoms with van der Waals surface area (Å²) in [5.74, 6) is 2.22. The summed E-state index contributed by atoms with van der Waals surface area (Å²) in [6.07, 6.45) is 3.60. The van der Waals surface area contributed by atoms with Crippen LogP contribution in [0.2, 0.25) is 0 Å². The summed E-state index contributed by atoms with van der Waals surface area (Å²) >= 11 is 1.73. The van der Waals surface area contributed by atoms with Gasteiger partial charge in [0.05, 0.1) is 12.9 Å². The molecule has 0 radical (unpaired) electrons. The average molecular weight is 361 g/mol. The fraction of sp³-hybridized carbons (Fsp3) is 0.143. The number of hydrogen-bond acceptors (Lipinski definition) is 5. The Morgan fingerprint density at radius 3 is 2.38 bits per heavy atom. The Morgan fingerprint density at radius 1 is 0.962 bits per heavy atom. The smallest absolute Gasteiger partial charge is 0.159 e. The average Bonchev–Trinajstić information content (AvgIpc) is 3.12. The van der Waals surface area contributed by atoms with Gasteiger partial charge in [-0.15, -0.1) is 11.8 Å². The van der Waals surface area contributed by atoms with Gasteiger partial charge in [-0.3, -0.25) is 4.98 Å². The quantitative estimate of drug-likeness (QED) is 0.761. The SMILES string of the molecule is COc1cccc(-c2cccc(C3(c4ccncc4)N=C(N)CS3)c2)c1. The lowest BCUT2D eigenvalue weighted by Gasteiger charge is -2.26. The van der Waals surface area contributed by atoms with Gasteiger partial charge in [0, 0.05) is 12.4 Å². The Kier molecular flexibility index (Phi) is 4.39. The van der Waals surface area contributed by atoms with Gasteiger partial charge in [0.2, 0.25) is 0 Å². The minimum atomic E-state index is -0.526. The van der Waals surface area contributed by atoms with E-state index in [0.29, 0.717) is 11.6 Å². The summed E-state index contributed by atoms with van der Waals surface area (Å²) in [5, 5.41) is 0. The van der Waals surface area contributed by atoms with E-state index in [1.807, 2.05) is 30.3 Å². The van der Waals surface area contributed by atoms with Crippen molar-refractivity contribution in [1.82, 2.24) is 4.98 Å². The van der Waals surface area contributed by atoms with Gasteiger partial charge in [-0.05, 0) is 52.6 Å². The van der Waals surface area contributed by atoms with Crippen molar-refractivity contribution in [3.8, 4) is 16.9 Å². The molecule has 0 bridgehead atoms. The summed E-state index contributed by atoms with van der Waals surface area (Å²) < 4.78 is 5.36. The van der Waals surface area contributed by atoms with Gasteiger partial charge in [-0.25, -0.2) is 4.99 Å². The van der Waals surface area contributed by atoms with Crippen LogP contribution < -0.4 is 10.5 Å². The molecule has 1 aliphatic rings. The zero-order valence-electron chi connectivity index (χ0n) is 14.4. The molecule has 0 saturated carbocycles. The molecule has 130 valence electrons. The first-order chi connectivity index (χ1) is 12.7. The molecule has 4 rings (SSSR count). The number of ether oxygens (including phenoxy) is 1. The Hall–Kier alpha value is -2.79. The van der Waals surface area contributed by atoms with Crippen LogP contribution in [-0.4, -0.2) is 23.7 Å². The molecule has 1 atom stereocenters. The van der Waals surface area contributed by atoms with E-state index < -0.39 is 4.87 Å². The molecular weight excluding hydrogens is 342 g/mol. The van der Waals surface area contributed by atoms with Crippen LogP contribution >= 0.6 is 11.8 Å². The van der Waals surface area contributed by atoms with Gasteiger partial charge >= 0.3 is 0 Å². The highest BCUT2D eigenvalue weighted by molar-refractivity contribution is 8.01. The molecule has 2 aromatic carbocycles. The van der Waals surface area contributed by atoms with Crippen LogP contribution in [0.4, 0.5) is 0 Å². The van der Waals surface area contributed by atoms with Crippen molar-refractivity contribution < 1.29 is 4.74 Å². The highest BCUT2D eigenvalue weighted by atomic mass is 32.2. The number of pyridine rings is 1. The maximum atomic E-state index is 6.07. The molecule has 2 N–H and O–H groups in total. The third-order valence-electron chi connectivity index (χ3n) is 4.46. The number of amidine groups is 1. The van der Waals surface area contributed by atoms with E-state index >= 15 is 0 Å². The minimum absolute atomic E-state index is 0.526. The maximum Gasteiger partial charge on any atom is 0.159 e. The standard InChI is InChI=1S/C21H19N3OS/c1-25-19-7-3-5-16(13-19)15-4-2-6-18(12-15)21(24-20(22)14-26-21)17-8-10-23-11-9-17/h2-13H,14H2,1H3,(H2,22,24). The molecule has 26 heavy (non-hydrogen) atoms. The molecule has 0 saturated heterocycles. The van der Waals surface area contributed by atoms with Gasteiger partial charge in [0.15, 0.2) is 4.87 Å². The highest BCUT2D eigenvalue weighted by Crippen LogP contribution is 2.48.